The van der Waals surface area contributed by atoms with Gasteiger partial charge in [0.25, 0.3) is 0 Å². The molecule has 0 bridgehead atoms. The van der Waals surface area contributed by atoms with Crippen LogP contribution in [0.15, 0.2) is 30.3 Å². The Morgan fingerprint density at radius 2 is 2.00 bits per heavy atom. The standard InChI is InChI=1S/C14H17NO3/c16-13(8-11-4-2-1-3-5-11)15-7-6-12(10-15)9-14(17)18/h1-5,12H,6-10H2,(H,17,18). The van der Waals surface area contributed by atoms with Crippen LogP contribution < -0.4 is 0 Å². The average Bonchev–Trinajstić information content (AvgIpc) is 2.78. The van der Waals surface area contributed by atoms with Crippen molar-refractivity contribution in [3.8, 4) is 0 Å². The van der Waals surface area contributed by atoms with Gasteiger partial charge in [-0.15, -0.1) is 0 Å². The molecule has 1 aromatic rings. The molecule has 1 aromatic carbocycles. The summed E-state index contributed by atoms with van der Waals surface area (Å²) < 4.78 is 0. The number of carboxylic acid groups (broad SMARTS) is 1. The summed E-state index contributed by atoms with van der Waals surface area (Å²) in [4.78, 5) is 24.4. The summed E-state index contributed by atoms with van der Waals surface area (Å²) in [6, 6.07) is 9.62. The first kappa shape index (κ1) is 12.6. The van der Waals surface area contributed by atoms with Gasteiger partial charge in [-0.25, -0.2) is 0 Å². The van der Waals surface area contributed by atoms with Crippen LogP contribution in [0.1, 0.15) is 18.4 Å². The third kappa shape index (κ3) is 3.32. The number of hydrogen-bond donors (Lipinski definition) is 1. The zero-order valence-corrected chi connectivity index (χ0v) is 10.2. The zero-order chi connectivity index (χ0) is 13.0. The molecule has 2 rings (SSSR count). The van der Waals surface area contributed by atoms with Crippen molar-refractivity contribution in [3.05, 3.63) is 35.9 Å². The van der Waals surface area contributed by atoms with Crippen LogP contribution >= 0.6 is 0 Å². The van der Waals surface area contributed by atoms with E-state index in [9.17, 15) is 9.59 Å². The zero-order valence-electron chi connectivity index (χ0n) is 10.2. The number of nitrogens with zero attached hydrogens (tertiary/aromatic N) is 1. The minimum atomic E-state index is -0.780. The maximum Gasteiger partial charge on any atom is 0.303 e. The molecule has 1 unspecified atom stereocenters. The lowest BCUT2D eigenvalue weighted by molar-refractivity contribution is -0.138. The van der Waals surface area contributed by atoms with Gasteiger partial charge in [-0.1, -0.05) is 30.3 Å². The predicted molar refractivity (Wildman–Crippen MR) is 67.1 cm³/mol. The van der Waals surface area contributed by atoms with Crippen molar-refractivity contribution in [2.24, 2.45) is 5.92 Å². The second kappa shape index (κ2) is 5.67. The molecule has 1 aliphatic rings. The van der Waals surface area contributed by atoms with E-state index < -0.39 is 5.97 Å². The van der Waals surface area contributed by atoms with Gasteiger partial charge in [-0.3, -0.25) is 9.59 Å². The lowest BCUT2D eigenvalue weighted by Crippen LogP contribution is -2.30. The molecule has 1 N–H and O–H groups in total. The highest BCUT2D eigenvalue weighted by atomic mass is 16.4. The number of aliphatic carboxylic acids is 1. The Morgan fingerprint density at radius 3 is 2.67 bits per heavy atom. The summed E-state index contributed by atoms with van der Waals surface area (Å²) in [5.41, 5.74) is 1.00. The van der Waals surface area contributed by atoms with Crippen molar-refractivity contribution < 1.29 is 14.7 Å². The number of carboxylic acids is 1. The van der Waals surface area contributed by atoms with Gasteiger partial charge in [0.2, 0.25) is 5.91 Å². The van der Waals surface area contributed by atoms with Gasteiger partial charge in [0.1, 0.15) is 0 Å². The van der Waals surface area contributed by atoms with E-state index in [0.717, 1.165) is 12.0 Å². The highest BCUT2D eigenvalue weighted by Gasteiger charge is 2.27. The molecule has 1 heterocycles. The number of carbonyl (C=O) groups is 2. The normalized spacial score (nSPS) is 18.9. The number of carbonyl (C=O) groups excluding carboxylic acids is 1. The van der Waals surface area contributed by atoms with E-state index in [2.05, 4.69) is 0 Å². The Kier molecular flexibility index (Phi) is 3.97. The fraction of sp³-hybridized carbons (Fsp3) is 0.429. The summed E-state index contributed by atoms with van der Waals surface area (Å²) in [5.74, 6) is -0.575. The topological polar surface area (TPSA) is 57.6 Å². The van der Waals surface area contributed by atoms with Crippen molar-refractivity contribution in [3.63, 3.8) is 0 Å². The minimum Gasteiger partial charge on any atom is -0.481 e. The number of benzene rings is 1. The maximum absolute atomic E-state index is 12.0. The van der Waals surface area contributed by atoms with Crippen LogP contribution in [0.5, 0.6) is 0 Å². The summed E-state index contributed by atoms with van der Waals surface area (Å²) in [6.07, 6.45) is 1.36. The van der Waals surface area contributed by atoms with Crippen LogP contribution in [0.25, 0.3) is 0 Å². The average molecular weight is 247 g/mol. The third-order valence-corrected chi connectivity index (χ3v) is 3.30. The molecule has 0 aromatic heterocycles. The van der Waals surface area contributed by atoms with E-state index in [-0.39, 0.29) is 18.2 Å². The maximum atomic E-state index is 12.0. The second-order valence-electron chi connectivity index (χ2n) is 4.75. The van der Waals surface area contributed by atoms with Gasteiger partial charge >= 0.3 is 5.97 Å². The molecule has 1 saturated heterocycles. The van der Waals surface area contributed by atoms with Gasteiger partial charge in [0.15, 0.2) is 0 Å². The van der Waals surface area contributed by atoms with Gasteiger partial charge in [0, 0.05) is 19.5 Å². The first-order chi connectivity index (χ1) is 8.65. The lowest BCUT2D eigenvalue weighted by Gasteiger charge is -2.16. The molecule has 1 aliphatic heterocycles. The highest BCUT2D eigenvalue weighted by molar-refractivity contribution is 5.79. The van der Waals surface area contributed by atoms with Crippen molar-refractivity contribution in [2.45, 2.75) is 19.3 Å². The Balaban J connectivity index is 1.86. The first-order valence-electron chi connectivity index (χ1n) is 6.18. The van der Waals surface area contributed by atoms with Gasteiger partial charge in [0.05, 0.1) is 6.42 Å². The van der Waals surface area contributed by atoms with E-state index in [1.807, 2.05) is 30.3 Å². The first-order valence-corrected chi connectivity index (χ1v) is 6.18. The monoisotopic (exact) mass is 247 g/mol. The summed E-state index contributed by atoms with van der Waals surface area (Å²) in [7, 11) is 0. The molecular formula is C14H17NO3. The van der Waals surface area contributed by atoms with Gasteiger partial charge in [-0.05, 0) is 17.9 Å². The largest absolute Gasteiger partial charge is 0.481 e. The fourth-order valence-corrected chi connectivity index (χ4v) is 2.36. The molecule has 0 saturated carbocycles. The number of likely N-dealkylation sites (tertiary alicyclic amines) is 1. The van der Waals surface area contributed by atoms with E-state index in [1.165, 1.54) is 0 Å². The van der Waals surface area contributed by atoms with Gasteiger partial charge in [-0.2, -0.15) is 0 Å². The summed E-state index contributed by atoms with van der Waals surface area (Å²) in [6.45, 7) is 1.27. The van der Waals surface area contributed by atoms with Crippen LogP contribution in [0.3, 0.4) is 0 Å². The molecule has 18 heavy (non-hydrogen) atoms. The Morgan fingerprint density at radius 1 is 1.28 bits per heavy atom. The summed E-state index contributed by atoms with van der Waals surface area (Å²) >= 11 is 0. The number of hydrogen-bond acceptors (Lipinski definition) is 2. The van der Waals surface area contributed by atoms with Crippen LogP contribution in [0.4, 0.5) is 0 Å². The van der Waals surface area contributed by atoms with Crippen molar-refractivity contribution >= 4 is 11.9 Å². The number of rotatable bonds is 4. The lowest BCUT2D eigenvalue weighted by atomic mass is 10.1. The Labute approximate surface area is 106 Å². The number of amides is 1. The van der Waals surface area contributed by atoms with E-state index in [1.54, 1.807) is 4.90 Å². The smallest absolute Gasteiger partial charge is 0.303 e. The molecule has 1 atom stereocenters. The third-order valence-electron chi connectivity index (χ3n) is 3.30. The highest BCUT2D eigenvalue weighted by Crippen LogP contribution is 2.20. The second-order valence-corrected chi connectivity index (χ2v) is 4.75. The van der Waals surface area contributed by atoms with Crippen molar-refractivity contribution in [1.82, 2.24) is 4.90 Å². The molecule has 96 valence electrons. The molecule has 0 spiro atoms. The van der Waals surface area contributed by atoms with Gasteiger partial charge < -0.3 is 10.0 Å². The van der Waals surface area contributed by atoms with Crippen LogP contribution in [0, 0.1) is 5.92 Å². The SMILES string of the molecule is O=C(O)CC1CCN(C(=O)Cc2ccccc2)C1. The Hall–Kier alpha value is -1.84. The fourth-order valence-electron chi connectivity index (χ4n) is 2.36. The quantitative estimate of drug-likeness (QED) is 0.878. The molecule has 4 nitrogen and oxygen atoms in total. The van der Waals surface area contributed by atoms with Crippen molar-refractivity contribution in [2.75, 3.05) is 13.1 Å². The van der Waals surface area contributed by atoms with Crippen LogP contribution in [-0.2, 0) is 16.0 Å². The van der Waals surface area contributed by atoms with E-state index in [0.29, 0.717) is 19.5 Å². The summed E-state index contributed by atoms with van der Waals surface area (Å²) in [5, 5.41) is 8.73. The molecule has 0 aliphatic carbocycles. The van der Waals surface area contributed by atoms with E-state index >= 15 is 0 Å². The van der Waals surface area contributed by atoms with Crippen molar-refractivity contribution in [1.29, 1.82) is 0 Å². The molecule has 1 amide bonds. The predicted octanol–water partition coefficient (Wildman–Crippen LogP) is 1.55. The van der Waals surface area contributed by atoms with E-state index in [4.69, 9.17) is 5.11 Å². The van der Waals surface area contributed by atoms with Crippen LogP contribution in [-0.4, -0.2) is 35.0 Å². The molecule has 4 heteroatoms. The molecular weight excluding hydrogens is 230 g/mol. The molecule has 0 radical (unpaired) electrons. The Bertz CT molecular complexity index is 430. The minimum absolute atomic E-state index is 0.0917. The van der Waals surface area contributed by atoms with Crippen LogP contribution in [0.2, 0.25) is 0 Å². The molecule has 1 fully saturated rings.